The summed E-state index contributed by atoms with van der Waals surface area (Å²) in [5.74, 6) is -0.442. The monoisotopic (exact) mass is 464 g/mol. The van der Waals surface area contributed by atoms with Crippen LogP contribution < -0.4 is 10.6 Å². The van der Waals surface area contributed by atoms with Crippen molar-refractivity contribution in [1.29, 1.82) is 0 Å². The minimum atomic E-state index is -0.937. The van der Waals surface area contributed by atoms with Crippen molar-refractivity contribution < 1.29 is 24.2 Å². The third-order valence-corrected chi connectivity index (χ3v) is 6.76. The fourth-order valence-electron chi connectivity index (χ4n) is 5.20. The van der Waals surface area contributed by atoms with E-state index in [2.05, 4.69) is 34.9 Å². The van der Waals surface area contributed by atoms with Gasteiger partial charge in [-0.3, -0.25) is 9.59 Å². The molecule has 0 heterocycles. The number of aliphatic carboxylic acids is 1. The molecular weight excluding hydrogens is 432 g/mol. The lowest BCUT2D eigenvalue weighted by atomic mass is 9.73. The van der Waals surface area contributed by atoms with Crippen LogP contribution in [0.15, 0.2) is 48.5 Å². The van der Waals surface area contributed by atoms with Crippen LogP contribution in [0.5, 0.6) is 0 Å². The molecule has 4 rings (SSSR count). The van der Waals surface area contributed by atoms with Gasteiger partial charge in [-0.2, -0.15) is 0 Å². The molecule has 2 amide bonds. The lowest BCUT2D eigenvalue weighted by molar-refractivity contribution is -0.138. The van der Waals surface area contributed by atoms with Crippen molar-refractivity contribution in [3.8, 4) is 11.1 Å². The maximum absolute atomic E-state index is 12.3. The highest BCUT2D eigenvalue weighted by Gasteiger charge is 2.33. The SMILES string of the molecule is CC(C)(CC(=O)O)NC(=O)CC1CC(CNC(=O)OCC2c3ccccc3-c3ccccc32)C1. The van der Waals surface area contributed by atoms with Gasteiger partial charge in [-0.05, 0) is 60.8 Å². The van der Waals surface area contributed by atoms with Crippen LogP contribution in [0.2, 0.25) is 0 Å². The number of hydrogen-bond donors (Lipinski definition) is 3. The number of alkyl carbamates (subject to hydrolysis) is 1. The second-order valence-electron chi connectivity index (χ2n) is 10.1. The van der Waals surface area contributed by atoms with E-state index < -0.39 is 17.6 Å². The number of carboxylic acids is 1. The van der Waals surface area contributed by atoms with Gasteiger partial charge in [-0.15, -0.1) is 0 Å². The van der Waals surface area contributed by atoms with Gasteiger partial charge in [0.2, 0.25) is 5.91 Å². The predicted octanol–water partition coefficient (Wildman–Crippen LogP) is 4.31. The number of hydrogen-bond acceptors (Lipinski definition) is 4. The Hall–Kier alpha value is -3.35. The Balaban J connectivity index is 1.17. The molecular formula is C27H32N2O5. The van der Waals surface area contributed by atoms with Crippen LogP contribution in [0, 0.1) is 11.8 Å². The zero-order chi connectivity index (χ0) is 24.3. The van der Waals surface area contributed by atoms with E-state index in [0.29, 0.717) is 25.5 Å². The molecule has 0 saturated heterocycles. The molecule has 3 N–H and O–H groups in total. The summed E-state index contributed by atoms with van der Waals surface area (Å²) in [6.07, 6.45) is 1.56. The van der Waals surface area contributed by atoms with Gasteiger partial charge in [0.25, 0.3) is 0 Å². The Morgan fingerprint density at radius 3 is 2.15 bits per heavy atom. The fraction of sp³-hybridized carbons (Fsp3) is 0.444. The molecule has 0 spiro atoms. The molecule has 7 heteroatoms. The first kappa shape index (κ1) is 23.8. The van der Waals surface area contributed by atoms with Crippen LogP contribution in [0.25, 0.3) is 11.1 Å². The van der Waals surface area contributed by atoms with Gasteiger partial charge < -0.3 is 20.5 Å². The lowest BCUT2D eigenvalue weighted by Crippen LogP contribution is -2.46. The summed E-state index contributed by atoms with van der Waals surface area (Å²) < 4.78 is 5.57. The van der Waals surface area contributed by atoms with E-state index in [1.807, 2.05) is 24.3 Å². The summed E-state index contributed by atoms with van der Waals surface area (Å²) in [6.45, 7) is 4.24. The number of benzene rings is 2. The topological polar surface area (TPSA) is 105 Å². The van der Waals surface area contributed by atoms with Crippen LogP contribution in [-0.4, -0.2) is 41.8 Å². The third-order valence-electron chi connectivity index (χ3n) is 6.76. The number of amides is 2. The van der Waals surface area contributed by atoms with Crippen LogP contribution in [-0.2, 0) is 14.3 Å². The number of carboxylic acid groups (broad SMARTS) is 1. The minimum Gasteiger partial charge on any atom is -0.481 e. The van der Waals surface area contributed by atoms with Crippen molar-refractivity contribution in [2.75, 3.05) is 13.2 Å². The van der Waals surface area contributed by atoms with E-state index >= 15 is 0 Å². The quantitative estimate of drug-likeness (QED) is 0.513. The Morgan fingerprint density at radius 1 is 0.971 bits per heavy atom. The fourth-order valence-corrected chi connectivity index (χ4v) is 5.20. The largest absolute Gasteiger partial charge is 0.481 e. The van der Waals surface area contributed by atoms with E-state index in [1.165, 1.54) is 22.3 Å². The van der Waals surface area contributed by atoms with E-state index in [-0.39, 0.29) is 24.2 Å². The maximum Gasteiger partial charge on any atom is 0.407 e. The summed E-state index contributed by atoms with van der Waals surface area (Å²) in [5.41, 5.74) is 4.00. The molecule has 0 atom stereocenters. The normalized spacial score (nSPS) is 18.9. The Labute approximate surface area is 199 Å². The number of ether oxygens (including phenoxy) is 1. The summed E-state index contributed by atoms with van der Waals surface area (Å²) in [4.78, 5) is 35.4. The number of carbonyl (C=O) groups excluding carboxylic acids is 2. The molecule has 0 unspecified atom stereocenters. The lowest BCUT2D eigenvalue weighted by Gasteiger charge is -2.36. The second kappa shape index (κ2) is 9.87. The summed E-state index contributed by atoms with van der Waals surface area (Å²) >= 11 is 0. The van der Waals surface area contributed by atoms with Gasteiger partial charge in [0, 0.05) is 24.4 Å². The van der Waals surface area contributed by atoms with Gasteiger partial charge in [0.05, 0.1) is 6.42 Å². The summed E-state index contributed by atoms with van der Waals surface area (Å²) in [6, 6.07) is 16.5. The van der Waals surface area contributed by atoms with Crippen molar-refractivity contribution in [3.63, 3.8) is 0 Å². The summed E-state index contributed by atoms with van der Waals surface area (Å²) in [5, 5.41) is 14.6. The average molecular weight is 465 g/mol. The molecule has 7 nitrogen and oxygen atoms in total. The highest BCUT2D eigenvalue weighted by atomic mass is 16.5. The van der Waals surface area contributed by atoms with Crippen LogP contribution in [0.4, 0.5) is 4.79 Å². The number of fused-ring (bicyclic) bond motifs is 3. The second-order valence-corrected chi connectivity index (χ2v) is 10.1. The Kier molecular flexibility index (Phi) is 6.91. The third kappa shape index (κ3) is 5.58. The standard InChI is InChI=1S/C27H32N2O5/c1-27(2,14-25(31)32)29-24(30)13-17-11-18(12-17)15-28-26(33)34-16-23-21-9-5-3-7-19(21)20-8-4-6-10-22(20)23/h3-10,17-18,23H,11-16H2,1-2H3,(H,28,33)(H,29,30)(H,31,32). The predicted molar refractivity (Wildman–Crippen MR) is 128 cm³/mol. The Morgan fingerprint density at radius 2 is 1.56 bits per heavy atom. The van der Waals surface area contributed by atoms with E-state index in [1.54, 1.807) is 13.8 Å². The molecule has 2 aliphatic rings. The van der Waals surface area contributed by atoms with Crippen LogP contribution in [0.3, 0.4) is 0 Å². The van der Waals surface area contributed by atoms with Gasteiger partial charge in [-0.25, -0.2) is 4.79 Å². The highest BCUT2D eigenvalue weighted by Crippen LogP contribution is 2.44. The first-order valence-corrected chi connectivity index (χ1v) is 11.8. The van der Waals surface area contributed by atoms with Crippen molar-refractivity contribution in [3.05, 3.63) is 59.7 Å². The molecule has 0 aromatic heterocycles. The summed E-state index contributed by atoms with van der Waals surface area (Å²) in [7, 11) is 0. The molecule has 1 fully saturated rings. The maximum atomic E-state index is 12.3. The van der Waals surface area contributed by atoms with Crippen LogP contribution in [0.1, 0.15) is 56.6 Å². The van der Waals surface area contributed by atoms with Crippen molar-refractivity contribution in [2.45, 2.75) is 51.0 Å². The van der Waals surface area contributed by atoms with Crippen molar-refractivity contribution in [2.24, 2.45) is 11.8 Å². The zero-order valence-corrected chi connectivity index (χ0v) is 19.7. The number of carbonyl (C=O) groups is 3. The van der Waals surface area contributed by atoms with Gasteiger partial charge in [-0.1, -0.05) is 48.5 Å². The molecule has 34 heavy (non-hydrogen) atoms. The molecule has 2 aliphatic carbocycles. The molecule has 0 radical (unpaired) electrons. The van der Waals surface area contributed by atoms with Crippen molar-refractivity contribution >= 4 is 18.0 Å². The van der Waals surface area contributed by atoms with E-state index in [9.17, 15) is 14.4 Å². The van der Waals surface area contributed by atoms with Gasteiger partial charge in [0.1, 0.15) is 6.61 Å². The first-order chi connectivity index (χ1) is 16.2. The average Bonchev–Trinajstić information content (AvgIpc) is 3.06. The molecule has 0 bridgehead atoms. The highest BCUT2D eigenvalue weighted by molar-refractivity contribution is 5.79. The van der Waals surface area contributed by atoms with Crippen LogP contribution >= 0.6 is 0 Å². The first-order valence-electron chi connectivity index (χ1n) is 11.8. The Bertz CT molecular complexity index is 1030. The molecule has 180 valence electrons. The smallest absolute Gasteiger partial charge is 0.407 e. The van der Waals surface area contributed by atoms with Crippen molar-refractivity contribution in [1.82, 2.24) is 10.6 Å². The zero-order valence-electron chi connectivity index (χ0n) is 19.7. The number of rotatable bonds is 9. The van der Waals surface area contributed by atoms with E-state index in [4.69, 9.17) is 9.84 Å². The van der Waals surface area contributed by atoms with E-state index in [0.717, 1.165) is 12.8 Å². The number of nitrogens with one attached hydrogen (secondary N) is 2. The molecule has 2 aromatic carbocycles. The van der Waals surface area contributed by atoms with Gasteiger partial charge in [0.15, 0.2) is 0 Å². The van der Waals surface area contributed by atoms with Gasteiger partial charge >= 0.3 is 12.1 Å². The molecule has 0 aliphatic heterocycles. The molecule has 1 saturated carbocycles. The minimum absolute atomic E-state index is 0.0372. The molecule has 2 aromatic rings.